The molecule has 1 aromatic heterocycles. The molecule has 1 saturated carbocycles. The number of hydrogen-bond donors (Lipinski definition) is 1. The van der Waals surface area contributed by atoms with Crippen molar-refractivity contribution in [2.45, 2.75) is 44.6 Å². The van der Waals surface area contributed by atoms with Gasteiger partial charge in [0.2, 0.25) is 0 Å². The van der Waals surface area contributed by atoms with Crippen molar-refractivity contribution < 1.29 is 0 Å². The van der Waals surface area contributed by atoms with Gasteiger partial charge in [-0.15, -0.1) is 0 Å². The summed E-state index contributed by atoms with van der Waals surface area (Å²) in [6, 6.07) is 4.67. The van der Waals surface area contributed by atoms with E-state index >= 15 is 0 Å². The van der Waals surface area contributed by atoms with E-state index in [4.69, 9.17) is 11.6 Å². The molecule has 0 radical (unpaired) electrons. The van der Waals surface area contributed by atoms with E-state index < -0.39 is 0 Å². The lowest BCUT2D eigenvalue weighted by atomic mass is 9.87. The average molecular weight is 251 g/mol. The maximum Gasteiger partial charge on any atom is 0.0589 e. The van der Waals surface area contributed by atoms with Crippen molar-refractivity contribution in [3.05, 3.63) is 29.0 Å². The summed E-state index contributed by atoms with van der Waals surface area (Å²) in [7, 11) is 0. The van der Waals surface area contributed by atoms with Gasteiger partial charge in [-0.25, -0.2) is 0 Å². The van der Waals surface area contributed by atoms with E-state index in [9.17, 15) is 0 Å². The number of pyridine rings is 1. The molecule has 0 aromatic carbocycles. The minimum Gasteiger partial charge on any atom is -0.314 e. The highest BCUT2D eigenvalue weighted by Gasteiger charge is 2.45. The normalized spacial score (nSPS) is 26.1. The van der Waals surface area contributed by atoms with Crippen LogP contribution < -0.4 is 5.32 Å². The maximum absolute atomic E-state index is 5.83. The van der Waals surface area contributed by atoms with Gasteiger partial charge in [0.25, 0.3) is 0 Å². The topological polar surface area (TPSA) is 24.9 Å². The number of halogens is 1. The van der Waals surface area contributed by atoms with Crippen molar-refractivity contribution in [2.75, 3.05) is 6.54 Å². The lowest BCUT2D eigenvalue weighted by Gasteiger charge is -2.30. The molecule has 0 unspecified atom stereocenters. The first-order valence-electron chi connectivity index (χ1n) is 6.60. The van der Waals surface area contributed by atoms with E-state index in [0.717, 1.165) is 22.6 Å². The van der Waals surface area contributed by atoms with Crippen LogP contribution in [0.1, 0.15) is 37.8 Å². The fraction of sp³-hybridized carbons (Fsp3) is 0.643. The molecule has 2 nitrogen and oxygen atoms in total. The van der Waals surface area contributed by atoms with Crippen LogP contribution in [0.25, 0.3) is 0 Å². The lowest BCUT2D eigenvalue weighted by Crippen LogP contribution is -2.39. The third kappa shape index (κ3) is 2.80. The minimum absolute atomic E-state index is 0.698. The van der Waals surface area contributed by atoms with Crippen LogP contribution >= 0.6 is 11.6 Å². The molecule has 17 heavy (non-hydrogen) atoms. The Morgan fingerprint density at radius 2 is 2.24 bits per heavy atom. The zero-order valence-electron chi connectivity index (χ0n) is 10.1. The van der Waals surface area contributed by atoms with E-state index in [0.29, 0.717) is 6.04 Å². The SMILES string of the molecule is Clc1ccc(CC[C@@H]2CC3(CCN2)CC3)nc1. The zero-order chi connectivity index (χ0) is 11.7. The van der Waals surface area contributed by atoms with Gasteiger partial charge in [0.05, 0.1) is 5.02 Å². The highest BCUT2D eigenvalue weighted by Crippen LogP contribution is 2.54. The first-order valence-corrected chi connectivity index (χ1v) is 6.97. The molecule has 1 aliphatic carbocycles. The van der Waals surface area contributed by atoms with Crippen molar-refractivity contribution in [1.29, 1.82) is 0 Å². The van der Waals surface area contributed by atoms with E-state index in [2.05, 4.69) is 10.3 Å². The first kappa shape index (κ1) is 11.5. The quantitative estimate of drug-likeness (QED) is 0.891. The molecule has 0 bridgehead atoms. The van der Waals surface area contributed by atoms with Gasteiger partial charge in [-0.3, -0.25) is 4.98 Å². The average Bonchev–Trinajstić information content (AvgIpc) is 3.08. The summed E-state index contributed by atoms with van der Waals surface area (Å²) in [5.41, 5.74) is 1.90. The van der Waals surface area contributed by atoms with Crippen LogP contribution in [0.3, 0.4) is 0 Å². The maximum atomic E-state index is 5.83. The standard InChI is InChI=1S/C14H19ClN2/c15-11-1-2-12(17-10-11)3-4-13-9-14(5-6-14)7-8-16-13/h1-2,10,13,16H,3-9H2/t13-/m1/s1. The molecule has 1 aromatic rings. The molecule has 1 aliphatic heterocycles. The van der Waals surface area contributed by atoms with Crippen molar-refractivity contribution in [1.82, 2.24) is 10.3 Å². The molecule has 1 atom stereocenters. The Morgan fingerprint density at radius 3 is 2.94 bits per heavy atom. The third-order valence-electron chi connectivity index (χ3n) is 4.26. The largest absolute Gasteiger partial charge is 0.314 e. The Bertz CT molecular complexity index is 384. The van der Waals surface area contributed by atoms with Crippen LogP contribution in [0.4, 0.5) is 0 Å². The number of aromatic nitrogens is 1. The third-order valence-corrected chi connectivity index (χ3v) is 4.49. The van der Waals surface area contributed by atoms with Crippen molar-refractivity contribution >= 4 is 11.6 Å². The second-order valence-electron chi connectivity index (χ2n) is 5.61. The molecular weight excluding hydrogens is 232 g/mol. The van der Waals surface area contributed by atoms with Gasteiger partial charge in [-0.05, 0) is 62.6 Å². The number of nitrogens with zero attached hydrogens (tertiary/aromatic N) is 1. The Kier molecular flexibility index (Phi) is 3.10. The van der Waals surface area contributed by atoms with Gasteiger partial charge >= 0.3 is 0 Å². The molecule has 2 heterocycles. The summed E-state index contributed by atoms with van der Waals surface area (Å²) in [5, 5.41) is 4.37. The Morgan fingerprint density at radius 1 is 1.35 bits per heavy atom. The van der Waals surface area contributed by atoms with Crippen molar-refractivity contribution in [3.8, 4) is 0 Å². The van der Waals surface area contributed by atoms with E-state index in [1.165, 1.54) is 38.6 Å². The molecule has 2 fully saturated rings. The Labute approximate surface area is 108 Å². The predicted octanol–water partition coefficient (Wildman–Crippen LogP) is 3.20. The molecule has 3 rings (SSSR count). The van der Waals surface area contributed by atoms with Gasteiger partial charge in [0.1, 0.15) is 0 Å². The van der Waals surface area contributed by atoms with Crippen LogP contribution in [-0.2, 0) is 6.42 Å². The fourth-order valence-corrected chi connectivity index (χ4v) is 3.06. The Balaban J connectivity index is 1.52. The van der Waals surface area contributed by atoms with Crippen LogP contribution in [-0.4, -0.2) is 17.6 Å². The summed E-state index contributed by atoms with van der Waals surface area (Å²) in [6.45, 7) is 1.21. The van der Waals surface area contributed by atoms with Gasteiger partial charge in [-0.1, -0.05) is 11.6 Å². The molecule has 0 amide bonds. The first-order chi connectivity index (χ1) is 8.26. The molecule has 1 saturated heterocycles. The van der Waals surface area contributed by atoms with E-state index in [1.54, 1.807) is 6.20 Å². The van der Waals surface area contributed by atoms with Gasteiger partial charge in [0.15, 0.2) is 0 Å². The minimum atomic E-state index is 0.698. The molecular formula is C14H19ClN2. The van der Waals surface area contributed by atoms with Crippen molar-refractivity contribution in [2.24, 2.45) is 5.41 Å². The van der Waals surface area contributed by atoms with Crippen LogP contribution in [0.5, 0.6) is 0 Å². The number of piperidine rings is 1. The van der Waals surface area contributed by atoms with Gasteiger partial charge in [-0.2, -0.15) is 0 Å². The van der Waals surface area contributed by atoms with Crippen molar-refractivity contribution in [3.63, 3.8) is 0 Å². The smallest absolute Gasteiger partial charge is 0.0589 e. The zero-order valence-corrected chi connectivity index (χ0v) is 10.8. The summed E-state index contributed by atoms with van der Waals surface area (Å²) in [4.78, 5) is 4.35. The van der Waals surface area contributed by atoms with E-state index in [-0.39, 0.29) is 0 Å². The summed E-state index contributed by atoms with van der Waals surface area (Å²) in [5.74, 6) is 0. The predicted molar refractivity (Wildman–Crippen MR) is 70.3 cm³/mol. The molecule has 1 N–H and O–H groups in total. The molecule has 2 aliphatic rings. The van der Waals surface area contributed by atoms with Crippen LogP contribution in [0.2, 0.25) is 5.02 Å². The summed E-state index contributed by atoms with van der Waals surface area (Å²) >= 11 is 5.83. The molecule has 1 spiro atoms. The number of nitrogens with one attached hydrogen (secondary N) is 1. The second-order valence-corrected chi connectivity index (χ2v) is 6.05. The molecule has 3 heteroatoms. The summed E-state index contributed by atoms with van der Waals surface area (Å²) < 4.78 is 0. The van der Waals surface area contributed by atoms with Gasteiger partial charge < -0.3 is 5.32 Å². The van der Waals surface area contributed by atoms with Crippen LogP contribution in [0.15, 0.2) is 18.3 Å². The monoisotopic (exact) mass is 250 g/mol. The summed E-state index contributed by atoms with van der Waals surface area (Å²) in [6.07, 6.45) is 9.70. The second kappa shape index (κ2) is 4.58. The number of rotatable bonds is 3. The highest BCUT2D eigenvalue weighted by molar-refractivity contribution is 6.30. The van der Waals surface area contributed by atoms with E-state index in [1.807, 2.05) is 12.1 Å². The number of aryl methyl sites for hydroxylation is 1. The Hall–Kier alpha value is -0.600. The lowest BCUT2D eigenvalue weighted by molar-refractivity contribution is 0.272. The van der Waals surface area contributed by atoms with Gasteiger partial charge in [0, 0.05) is 17.9 Å². The fourth-order valence-electron chi connectivity index (χ4n) is 2.95. The van der Waals surface area contributed by atoms with Crippen LogP contribution in [0, 0.1) is 5.41 Å². The highest BCUT2D eigenvalue weighted by atomic mass is 35.5. The molecule has 92 valence electrons. The number of hydrogen-bond acceptors (Lipinski definition) is 2.